The fraction of sp³-hybridized carbons (Fsp3) is 0.684. The smallest absolute Gasteiger partial charge is 0.326 e. The Bertz CT molecular complexity index is 761. The second-order valence-electron chi connectivity index (χ2n) is 7.74. The third-order valence-corrected chi connectivity index (χ3v) is 5.30. The van der Waals surface area contributed by atoms with Gasteiger partial charge in [0.05, 0.1) is 12.5 Å². The van der Waals surface area contributed by atoms with E-state index in [9.17, 15) is 29.1 Å². The van der Waals surface area contributed by atoms with E-state index in [0.717, 1.165) is 0 Å². The number of nitrogens with zero attached hydrogens (tertiary/aromatic N) is 1. The molecular weight excluding hydrogens is 468 g/mol. The number of thiol groups is 1. The van der Waals surface area contributed by atoms with Crippen LogP contribution >= 0.6 is 12.6 Å². The number of aliphatic imine (C=N–C) groups is 1. The molecule has 0 aromatic carbocycles. The first-order valence-electron chi connectivity index (χ1n) is 10.7. The third-order valence-electron chi connectivity index (χ3n) is 4.94. The van der Waals surface area contributed by atoms with Crippen molar-refractivity contribution in [1.82, 2.24) is 16.0 Å². The monoisotopic (exact) mass is 504 g/mol. The van der Waals surface area contributed by atoms with E-state index < -0.39 is 66.1 Å². The van der Waals surface area contributed by atoms with Crippen LogP contribution in [-0.4, -0.2) is 77.1 Å². The standard InChI is InChI=1S/C19H36N8O6S/c1-3-9(2)14(18(32)33)27-16(30)11(7-13(21)28)25-17(31)12(8-34)26-15(29)10(20)5-4-6-24-19(22)23/h9-12,14,34H,3-8,20H2,1-2H3,(H2,21,28)(H,25,31)(H,26,29)(H,27,30)(H,32,33)(H4,22,23,24). The van der Waals surface area contributed by atoms with Crippen molar-refractivity contribution in [1.29, 1.82) is 0 Å². The van der Waals surface area contributed by atoms with Gasteiger partial charge in [0.25, 0.3) is 0 Å². The zero-order chi connectivity index (χ0) is 26.4. The van der Waals surface area contributed by atoms with Gasteiger partial charge in [-0.1, -0.05) is 20.3 Å². The van der Waals surface area contributed by atoms with Gasteiger partial charge in [0.2, 0.25) is 23.6 Å². The summed E-state index contributed by atoms with van der Waals surface area (Å²) in [7, 11) is 0. The second-order valence-corrected chi connectivity index (χ2v) is 8.11. The fourth-order valence-electron chi connectivity index (χ4n) is 2.74. The van der Waals surface area contributed by atoms with Gasteiger partial charge in [0, 0.05) is 12.3 Å². The summed E-state index contributed by atoms with van der Waals surface area (Å²) in [5.74, 6) is -5.17. The first-order valence-corrected chi connectivity index (χ1v) is 11.3. The second kappa shape index (κ2) is 15.7. The number of rotatable bonds is 16. The van der Waals surface area contributed by atoms with Gasteiger partial charge in [-0.05, 0) is 18.8 Å². The molecule has 0 rings (SSSR count). The zero-order valence-electron chi connectivity index (χ0n) is 19.3. The van der Waals surface area contributed by atoms with Crippen LogP contribution in [0.2, 0.25) is 0 Å². The van der Waals surface area contributed by atoms with Crippen molar-refractivity contribution in [2.24, 2.45) is 33.8 Å². The lowest BCUT2D eigenvalue weighted by atomic mass is 9.98. The van der Waals surface area contributed by atoms with E-state index >= 15 is 0 Å². The number of carboxylic acids is 1. The summed E-state index contributed by atoms with van der Waals surface area (Å²) in [6, 6.07) is -4.83. The summed E-state index contributed by atoms with van der Waals surface area (Å²) in [6.45, 7) is 3.66. The number of carbonyl (C=O) groups is 5. The molecule has 194 valence electrons. The Morgan fingerprint density at radius 2 is 1.53 bits per heavy atom. The summed E-state index contributed by atoms with van der Waals surface area (Å²) >= 11 is 4.04. The largest absolute Gasteiger partial charge is 0.480 e. The molecular formula is C19H36N8O6S. The van der Waals surface area contributed by atoms with Crippen LogP contribution in [0.15, 0.2) is 4.99 Å². The number of guanidine groups is 1. The van der Waals surface area contributed by atoms with Crippen molar-refractivity contribution >= 4 is 48.2 Å². The Morgan fingerprint density at radius 1 is 0.971 bits per heavy atom. The molecule has 0 aliphatic rings. The number of amides is 4. The van der Waals surface area contributed by atoms with Gasteiger partial charge in [-0.3, -0.25) is 24.2 Å². The topological polar surface area (TPSA) is 258 Å². The average Bonchev–Trinajstić information content (AvgIpc) is 2.76. The van der Waals surface area contributed by atoms with E-state index in [1.807, 2.05) is 0 Å². The van der Waals surface area contributed by atoms with Crippen LogP contribution in [0.3, 0.4) is 0 Å². The maximum absolute atomic E-state index is 12.7. The summed E-state index contributed by atoms with van der Waals surface area (Å²) in [4.78, 5) is 64.3. The summed E-state index contributed by atoms with van der Waals surface area (Å²) < 4.78 is 0. The number of nitrogens with one attached hydrogen (secondary N) is 3. The molecule has 4 amide bonds. The van der Waals surface area contributed by atoms with E-state index in [2.05, 4.69) is 33.6 Å². The fourth-order valence-corrected chi connectivity index (χ4v) is 3.00. The molecule has 12 N–H and O–H groups in total. The van der Waals surface area contributed by atoms with Crippen LogP contribution in [0.4, 0.5) is 0 Å². The number of carboxylic acid groups (broad SMARTS) is 1. The number of nitrogens with two attached hydrogens (primary N) is 4. The van der Waals surface area contributed by atoms with E-state index in [0.29, 0.717) is 12.8 Å². The van der Waals surface area contributed by atoms with E-state index in [1.54, 1.807) is 13.8 Å². The zero-order valence-corrected chi connectivity index (χ0v) is 20.2. The first kappa shape index (κ1) is 30.9. The van der Waals surface area contributed by atoms with Crippen molar-refractivity contribution in [2.45, 2.75) is 63.7 Å². The van der Waals surface area contributed by atoms with Gasteiger partial charge in [-0.2, -0.15) is 12.6 Å². The minimum atomic E-state index is -1.46. The molecule has 34 heavy (non-hydrogen) atoms. The lowest BCUT2D eigenvalue weighted by Gasteiger charge is -2.25. The van der Waals surface area contributed by atoms with Crippen molar-refractivity contribution in [3.63, 3.8) is 0 Å². The third kappa shape index (κ3) is 11.7. The van der Waals surface area contributed by atoms with Gasteiger partial charge in [0.1, 0.15) is 18.1 Å². The SMILES string of the molecule is CCC(C)C(NC(=O)C(CC(N)=O)NC(=O)C(CS)NC(=O)C(N)CCCN=C(N)N)C(=O)O. The van der Waals surface area contributed by atoms with Crippen LogP contribution in [-0.2, 0) is 24.0 Å². The number of hydrogen-bond acceptors (Lipinski definition) is 8. The molecule has 15 heteroatoms. The molecule has 14 nitrogen and oxygen atoms in total. The predicted octanol–water partition coefficient (Wildman–Crippen LogP) is -3.24. The van der Waals surface area contributed by atoms with Crippen LogP contribution in [0.1, 0.15) is 39.5 Å². The highest BCUT2D eigenvalue weighted by Crippen LogP contribution is 2.09. The van der Waals surface area contributed by atoms with Gasteiger partial charge in [-0.15, -0.1) is 0 Å². The molecule has 0 aromatic heterocycles. The molecule has 0 saturated carbocycles. The average molecular weight is 505 g/mol. The Balaban J connectivity index is 5.20. The molecule has 0 radical (unpaired) electrons. The molecule has 0 bridgehead atoms. The molecule has 0 fully saturated rings. The summed E-state index contributed by atoms with van der Waals surface area (Å²) in [6.07, 6.45) is 0.542. The van der Waals surface area contributed by atoms with Crippen LogP contribution < -0.4 is 38.9 Å². The Labute approximate surface area is 203 Å². The first-order chi connectivity index (χ1) is 15.8. The Hall–Kier alpha value is -3.07. The van der Waals surface area contributed by atoms with Crippen LogP contribution in [0, 0.1) is 5.92 Å². The van der Waals surface area contributed by atoms with Crippen molar-refractivity contribution in [2.75, 3.05) is 12.3 Å². The van der Waals surface area contributed by atoms with E-state index in [1.165, 1.54) is 0 Å². The predicted molar refractivity (Wildman–Crippen MR) is 128 cm³/mol. The van der Waals surface area contributed by atoms with Gasteiger partial charge >= 0.3 is 5.97 Å². The lowest BCUT2D eigenvalue weighted by molar-refractivity contribution is -0.144. The van der Waals surface area contributed by atoms with Crippen LogP contribution in [0.25, 0.3) is 0 Å². The lowest BCUT2D eigenvalue weighted by Crippen LogP contribution is -2.58. The Kier molecular flexibility index (Phi) is 14.3. The molecule has 0 aliphatic carbocycles. The minimum absolute atomic E-state index is 0.0850. The summed E-state index contributed by atoms with van der Waals surface area (Å²) in [5.41, 5.74) is 21.4. The number of carbonyl (C=O) groups excluding carboxylic acids is 4. The molecule has 0 spiro atoms. The number of hydrogen-bond donors (Lipinski definition) is 9. The van der Waals surface area contributed by atoms with E-state index in [-0.39, 0.29) is 24.7 Å². The molecule has 0 saturated heterocycles. The normalized spacial score (nSPS) is 15.1. The molecule has 0 aliphatic heterocycles. The van der Waals surface area contributed by atoms with E-state index in [4.69, 9.17) is 22.9 Å². The quantitative estimate of drug-likeness (QED) is 0.0442. The van der Waals surface area contributed by atoms with Crippen molar-refractivity contribution in [3.05, 3.63) is 0 Å². The van der Waals surface area contributed by atoms with Crippen molar-refractivity contribution in [3.8, 4) is 0 Å². The Morgan fingerprint density at radius 3 is 2.00 bits per heavy atom. The van der Waals surface area contributed by atoms with Gasteiger partial charge in [0.15, 0.2) is 5.96 Å². The highest BCUT2D eigenvalue weighted by molar-refractivity contribution is 7.80. The van der Waals surface area contributed by atoms with Crippen molar-refractivity contribution < 1.29 is 29.1 Å². The number of primary amides is 1. The maximum Gasteiger partial charge on any atom is 0.326 e. The van der Waals surface area contributed by atoms with Gasteiger partial charge in [-0.25, -0.2) is 4.79 Å². The summed E-state index contributed by atoms with van der Waals surface area (Å²) in [5, 5.41) is 16.4. The van der Waals surface area contributed by atoms with Crippen LogP contribution in [0.5, 0.6) is 0 Å². The highest BCUT2D eigenvalue weighted by atomic mass is 32.1. The minimum Gasteiger partial charge on any atom is -0.480 e. The molecule has 5 atom stereocenters. The highest BCUT2D eigenvalue weighted by Gasteiger charge is 2.32. The van der Waals surface area contributed by atoms with Gasteiger partial charge < -0.3 is 44.0 Å². The number of aliphatic carboxylic acids is 1. The maximum atomic E-state index is 12.7. The molecule has 5 unspecified atom stereocenters. The molecule has 0 aromatic rings. The molecule has 0 heterocycles.